The van der Waals surface area contributed by atoms with Gasteiger partial charge in [0.1, 0.15) is 12.7 Å². The first kappa shape index (κ1) is 19.6. The van der Waals surface area contributed by atoms with Crippen molar-refractivity contribution in [3.05, 3.63) is 54.6 Å². The molecule has 164 valence electrons. The molecule has 6 rings (SSSR count). The lowest BCUT2D eigenvalue weighted by molar-refractivity contribution is 0.0666. The Labute approximate surface area is 185 Å². The number of H-pyrrole nitrogens is 1. The molecular formula is C24H23N3O4S. The van der Waals surface area contributed by atoms with Crippen LogP contribution >= 0.6 is 0 Å². The van der Waals surface area contributed by atoms with Crippen LogP contribution in [-0.4, -0.2) is 55.9 Å². The van der Waals surface area contributed by atoms with Crippen LogP contribution in [0.4, 0.5) is 0 Å². The van der Waals surface area contributed by atoms with Gasteiger partial charge in [-0.15, -0.1) is 0 Å². The van der Waals surface area contributed by atoms with Crippen molar-refractivity contribution in [2.75, 3.05) is 26.2 Å². The summed E-state index contributed by atoms with van der Waals surface area (Å²) in [4.78, 5) is 2.60. The van der Waals surface area contributed by atoms with Crippen molar-refractivity contribution in [2.24, 2.45) is 0 Å². The Morgan fingerprint density at radius 1 is 1.03 bits per heavy atom. The van der Waals surface area contributed by atoms with Crippen LogP contribution in [0, 0.1) is 0 Å². The van der Waals surface area contributed by atoms with Gasteiger partial charge in [0.15, 0.2) is 16.5 Å². The number of fused-ring (bicyclic) bond motifs is 4. The van der Waals surface area contributed by atoms with E-state index < -0.39 is 9.84 Å². The molecule has 32 heavy (non-hydrogen) atoms. The van der Waals surface area contributed by atoms with Gasteiger partial charge in [0.2, 0.25) is 9.84 Å². The summed E-state index contributed by atoms with van der Waals surface area (Å²) in [5.41, 5.74) is 0.535. The predicted octanol–water partition coefficient (Wildman–Crippen LogP) is 3.78. The zero-order chi connectivity index (χ0) is 21.7. The minimum atomic E-state index is -3.89. The highest BCUT2D eigenvalue weighted by Gasteiger charge is 2.32. The largest absolute Gasteiger partial charge is 0.486 e. The smallest absolute Gasteiger partial charge is 0.224 e. The Kier molecular flexibility index (Phi) is 4.58. The highest BCUT2D eigenvalue weighted by atomic mass is 32.2. The standard InChI is InChI=1S/C24H23N3O4S/c28-32(29,21-9-5-7-16-6-1-2-8-18(16)21)24-22-19(25-26-24)10-11-20-23(22)31-17(15-30-20)14-27-12-3-4-13-27/h1-2,5-11,17H,3-4,12-15H2,(H,25,26)/t17-/m0/s1. The third-order valence-corrected chi connectivity index (χ3v) is 8.05. The fourth-order valence-electron chi connectivity index (χ4n) is 4.72. The lowest BCUT2D eigenvalue weighted by atomic mass is 10.1. The molecule has 0 radical (unpaired) electrons. The number of nitrogens with zero attached hydrogens (tertiary/aromatic N) is 2. The van der Waals surface area contributed by atoms with Crippen molar-refractivity contribution >= 4 is 31.5 Å². The minimum absolute atomic E-state index is 0.0334. The summed E-state index contributed by atoms with van der Waals surface area (Å²) in [6.45, 7) is 3.32. The molecule has 3 heterocycles. The molecule has 2 aliphatic rings. The zero-order valence-electron chi connectivity index (χ0n) is 17.5. The lowest BCUT2D eigenvalue weighted by Gasteiger charge is -2.29. The van der Waals surface area contributed by atoms with E-state index in [1.165, 1.54) is 12.8 Å². The van der Waals surface area contributed by atoms with Crippen molar-refractivity contribution in [3.63, 3.8) is 0 Å². The Balaban J connectivity index is 1.46. The van der Waals surface area contributed by atoms with Crippen LogP contribution in [0.15, 0.2) is 64.5 Å². The maximum atomic E-state index is 13.8. The lowest BCUT2D eigenvalue weighted by Crippen LogP contribution is -2.39. The SMILES string of the molecule is O=S(=O)(c1cccc2ccccc12)c1[nH]nc2ccc3c(c12)O[C@@H](CN1CCCC1)CO3. The maximum absolute atomic E-state index is 13.8. The summed E-state index contributed by atoms with van der Waals surface area (Å²) in [6.07, 6.45) is 2.24. The van der Waals surface area contributed by atoms with Crippen molar-refractivity contribution in [1.29, 1.82) is 0 Å². The second-order valence-corrected chi connectivity index (χ2v) is 10.2. The first-order chi connectivity index (χ1) is 15.6. The van der Waals surface area contributed by atoms with Gasteiger partial charge in [0.05, 0.1) is 15.8 Å². The van der Waals surface area contributed by atoms with Crippen molar-refractivity contribution < 1.29 is 17.9 Å². The molecule has 1 N–H and O–H groups in total. The molecule has 1 atom stereocenters. The number of nitrogens with one attached hydrogen (secondary N) is 1. The average molecular weight is 450 g/mol. The van der Waals surface area contributed by atoms with E-state index in [0.29, 0.717) is 34.4 Å². The monoisotopic (exact) mass is 449 g/mol. The van der Waals surface area contributed by atoms with E-state index in [1.807, 2.05) is 30.3 Å². The molecule has 1 saturated heterocycles. The van der Waals surface area contributed by atoms with E-state index in [2.05, 4.69) is 15.1 Å². The third-order valence-electron chi connectivity index (χ3n) is 6.28. The van der Waals surface area contributed by atoms with Gasteiger partial charge in [0.25, 0.3) is 0 Å². The Hall–Kier alpha value is -3.10. The van der Waals surface area contributed by atoms with E-state index >= 15 is 0 Å². The molecule has 0 bridgehead atoms. The summed E-state index contributed by atoms with van der Waals surface area (Å²) in [5, 5.41) is 9.07. The van der Waals surface area contributed by atoms with E-state index in [-0.39, 0.29) is 16.0 Å². The molecule has 0 amide bonds. The van der Waals surface area contributed by atoms with E-state index in [9.17, 15) is 8.42 Å². The van der Waals surface area contributed by atoms with Gasteiger partial charge in [-0.2, -0.15) is 5.10 Å². The summed E-state index contributed by atoms with van der Waals surface area (Å²) < 4.78 is 39.9. The number of benzene rings is 3. The minimum Gasteiger partial charge on any atom is -0.486 e. The van der Waals surface area contributed by atoms with Crippen LogP contribution in [0.2, 0.25) is 0 Å². The normalized spacial score (nSPS) is 19.1. The van der Waals surface area contributed by atoms with Crippen LogP contribution < -0.4 is 9.47 Å². The van der Waals surface area contributed by atoms with Crippen LogP contribution in [0.1, 0.15) is 12.8 Å². The van der Waals surface area contributed by atoms with Gasteiger partial charge in [0, 0.05) is 11.9 Å². The van der Waals surface area contributed by atoms with Crippen LogP contribution in [0.25, 0.3) is 21.7 Å². The highest BCUT2D eigenvalue weighted by Crippen LogP contribution is 2.42. The first-order valence-corrected chi connectivity index (χ1v) is 12.4. The van der Waals surface area contributed by atoms with Gasteiger partial charge < -0.3 is 9.47 Å². The topological polar surface area (TPSA) is 84.5 Å². The Bertz CT molecular complexity index is 1420. The summed E-state index contributed by atoms with van der Waals surface area (Å²) in [6, 6.07) is 16.3. The number of aromatic nitrogens is 2. The molecule has 0 unspecified atom stereocenters. The number of aromatic amines is 1. The molecule has 0 aliphatic carbocycles. The fraction of sp³-hybridized carbons (Fsp3) is 0.292. The van der Waals surface area contributed by atoms with Crippen LogP contribution in [-0.2, 0) is 9.84 Å². The molecule has 0 spiro atoms. The van der Waals surface area contributed by atoms with Gasteiger partial charge >= 0.3 is 0 Å². The molecule has 1 aromatic heterocycles. The van der Waals surface area contributed by atoms with Gasteiger partial charge in [-0.1, -0.05) is 36.4 Å². The number of hydrogen-bond donors (Lipinski definition) is 1. The predicted molar refractivity (Wildman–Crippen MR) is 121 cm³/mol. The van der Waals surface area contributed by atoms with E-state index in [1.54, 1.807) is 24.3 Å². The molecule has 2 aliphatic heterocycles. The Morgan fingerprint density at radius 2 is 1.84 bits per heavy atom. The fourth-order valence-corrected chi connectivity index (χ4v) is 6.31. The summed E-state index contributed by atoms with van der Waals surface area (Å²) in [7, 11) is -3.89. The second-order valence-electron chi connectivity index (χ2n) is 8.38. The van der Waals surface area contributed by atoms with Gasteiger partial charge in [-0.25, -0.2) is 8.42 Å². The van der Waals surface area contributed by atoms with E-state index in [0.717, 1.165) is 25.0 Å². The third kappa shape index (κ3) is 3.13. The molecule has 7 nitrogen and oxygen atoms in total. The van der Waals surface area contributed by atoms with Gasteiger partial charge in [-0.3, -0.25) is 10.00 Å². The molecule has 1 fully saturated rings. The quantitative estimate of drug-likeness (QED) is 0.510. The van der Waals surface area contributed by atoms with Crippen molar-refractivity contribution in [2.45, 2.75) is 28.9 Å². The molecule has 8 heteroatoms. The van der Waals surface area contributed by atoms with Gasteiger partial charge in [-0.05, 0) is 49.5 Å². The molecule has 3 aromatic carbocycles. The van der Waals surface area contributed by atoms with Crippen molar-refractivity contribution in [1.82, 2.24) is 15.1 Å². The number of sulfone groups is 1. The Morgan fingerprint density at radius 3 is 2.72 bits per heavy atom. The summed E-state index contributed by atoms with van der Waals surface area (Å²) in [5.74, 6) is 0.997. The second kappa shape index (κ2) is 7.50. The maximum Gasteiger partial charge on any atom is 0.224 e. The number of likely N-dealkylation sites (tertiary alicyclic amines) is 1. The van der Waals surface area contributed by atoms with Crippen LogP contribution in [0.5, 0.6) is 11.5 Å². The number of rotatable bonds is 4. The van der Waals surface area contributed by atoms with E-state index in [4.69, 9.17) is 9.47 Å². The number of hydrogen-bond acceptors (Lipinski definition) is 6. The van der Waals surface area contributed by atoms with Crippen LogP contribution in [0.3, 0.4) is 0 Å². The number of ether oxygens (including phenoxy) is 2. The molecular weight excluding hydrogens is 426 g/mol. The highest BCUT2D eigenvalue weighted by molar-refractivity contribution is 7.91. The molecule has 4 aromatic rings. The summed E-state index contributed by atoms with van der Waals surface area (Å²) >= 11 is 0. The zero-order valence-corrected chi connectivity index (χ0v) is 18.3. The van der Waals surface area contributed by atoms with Crippen molar-refractivity contribution in [3.8, 4) is 11.5 Å². The molecule has 0 saturated carbocycles. The average Bonchev–Trinajstić information content (AvgIpc) is 3.49. The first-order valence-electron chi connectivity index (χ1n) is 10.9.